The first-order valence-electron chi connectivity index (χ1n) is 7.38. The predicted octanol–water partition coefficient (Wildman–Crippen LogP) is 3.80. The number of fused-ring (bicyclic) bond motifs is 1. The lowest BCUT2D eigenvalue weighted by Gasteiger charge is -2.26. The maximum atomic E-state index is 12.4. The zero-order valence-corrected chi connectivity index (χ0v) is 13.4. The van der Waals surface area contributed by atoms with Crippen molar-refractivity contribution >= 4 is 17.7 Å². The molecule has 4 heteroatoms. The summed E-state index contributed by atoms with van der Waals surface area (Å²) in [5.41, 5.74) is 3.00. The second-order valence-corrected chi connectivity index (χ2v) is 6.20. The third-order valence-electron chi connectivity index (χ3n) is 3.79. The van der Waals surface area contributed by atoms with Gasteiger partial charge in [0.05, 0.1) is 12.6 Å². The second kappa shape index (κ2) is 6.88. The summed E-state index contributed by atoms with van der Waals surface area (Å²) in [6, 6.07) is 15.7. The number of hydrogen-bond acceptors (Lipinski definition) is 3. The van der Waals surface area contributed by atoms with Crippen molar-refractivity contribution in [1.82, 2.24) is 5.32 Å². The Bertz CT molecular complexity index is 654. The van der Waals surface area contributed by atoms with Crippen LogP contribution >= 0.6 is 11.8 Å². The van der Waals surface area contributed by atoms with Crippen LogP contribution < -0.4 is 10.1 Å². The molecule has 1 aliphatic heterocycles. The Hall–Kier alpha value is -1.94. The van der Waals surface area contributed by atoms with E-state index in [9.17, 15) is 4.79 Å². The van der Waals surface area contributed by atoms with Crippen LogP contribution in [0.3, 0.4) is 0 Å². The molecule has 2 aromatic carbocycles. The summed E-state index contributed by atoms with van der Waals surface area (Å²) in [4.78, 5) is 12.4. The lowest BCUT2D eigenvalue weighted by molar-refractivity contribution is 0.0925. The molecule has 0 radical (unpaired) electrons. The maximum Gasteiger partial charge on any atom is 0.251 e. The summed E-state index contributed by atoms with van der Waals surface area (Å²) in [6.07, 6.45) is 2.87. The lowest BCUT2D eigenvalue weighted by atomic mass is 10.00. The van der Waals surface area contributed by atoms with E-state index in [-0.39, 0.29) is 11.9 Å². The van der Waals surface area contributed by atoms with Crippen LogP contribution in [0, 0.1) is 0 Å². The van der Waals surface area contributed by atoms with Gasteiger partial charge >= 0.3 is 0 Å². The number of hydrogen-bond donors (Lipinski definition) is 1. The third kappa shape index (κ3) is 3.28. The molecule has 1 atom stereocenters. The zero-order chi connectivity index (χ0) is 15.4. The van der Waals surface area contributed by atoms with Gasteiger partial charge in [0.15, 0.2) is 0 Å². The van der Waals surface area contributed by atoms with Gasteiger partial charge in [-0.3, -0.25) is 4.79 Å². The molecule has 0 unspecified atom stereocenters. The van der Waals surface area contributed by atoms with Crippen LogP contribution in [-0.4, -0.2) is 18.8 Å². The number of nitrogens with one attached hydrogen (secondary N) is 1. The van der Waals surface area contributed by atoms with E-state index >= 15 is 0 Å². The highest BCUT2D eigenvalue weighted by Gasteiger charge is 2.22. The fraction of sp³-hybridized carbons (Fsp3) is 0.278. The molecule has 0 aliphatic carbocycles. The standard InChI is InChI=1S/C18H19NO2S/c1-22-12-13-6-8-14(9-7-13)18(20)19-16-10-11-21-17-5-3-2-4-15(16)17/h2-9,16H,10-12H2,1H3,(H,19,20)/t16-/m1/s1. The van der Waals surface area contributed by atoms with Crippen LogP contribution in [0.2, 0.25) is 0 Å². The molecule has 1 heterocycles. The maximum absolute atomic E-state index is 12.4. The molecule has 0 saturated carbocycles. The highest BCUT2D eigenvalue weighted by molar-refractivity contribution is 7.97. The normalized spacial score (nSPS) is 16.5. The van der Waals surface area contributed by atoms with Crippen molar-refractivity contribution in [2.45, 2.75) is 18.2 Å². The number of ether oxygens (including phenoxy) is 1. The molecule has 0 bridgehead atoms. The first kappa shape index (κ1) is 15.0. The van der Waals surface area contributed by atoms with Crippen LogP contribution in [0.5, 0.6) is 5.75 Å². The van der Waals surface area contributed by atoms with Crippen molar-refractivity contribution in [2.24, 2.45) is 0 Å². The minimum Gasteiger partial charge on any atom is -0.493 e. The number of rotatable bonds is 4. The van der Waals surface area contributed by atoms with Crippen LogP contribution in [0.1, 0.15) is 33.9 Å². The summed E-state index contributed by atoms with van der Waals surface area (Å²) < 4.78 is 5.63. The molecule has 1 N–H and O–H groups in total. The van der Waals surface area contributed by atoms with E-state index in [1.807, 2.05) is 48.5 Å². The third-order valence-corrected chi connectivity index (χ3v) is 4.41. The summed E-state index contributed by atoms with van der Waals surface area (Å²) in [5, 5.41) is 3.12. The van der Waals surface area contributed by atoms with E-state index in [0.29, 0.717) is 12.2 Å². The molecular weight excluding hydrogens is 294 g/mol. The zero-order valence-electron chi connectivity index (χ0n) is 12.5. The minimum atomic E-state index is -0.0302. The number of amides is 1. The van der Waals surface area contributed by atoms with Gasteiger partial charge in [0.1, 0.15) is 5.75 Å². The van der Waals surface area contributed by atoms with Crippen molar-refractivity contribution in [2.75, 3.05) is 12.9 Å². The average Bonchev–Trinajstić information content (AvgIpc) is 2.56. The molecule has 1 aliphatic rings. The van der Waals surface area contributed by atoms with Crippen molar-refractivity contribution < 1.29 is 9.53 Å². The highest BCUT2D eigenvalue weighted by Crippen LogP contribution is 2.31. The fourth-order valence-corrected chi connectivity index (χ4v) is 3.18. The topological polar surface area (TPSA) is 38.3 Å². The molecule has 3 rings (SSSR count). The van der Waals surface area contributed by atoms with E-state index in [4.69, 9.17) is 4.74 Å². The van der Waals surface area contributed by atoms with Gasteiger partial charge in [-0.2, -0.15) is 11.8 Å². The average molecular weight is 313 g/mol. The molecule has 114 valence electrons. The summed E-state index contributed by atoms with van der Waals surface area (Å²) >= 11 is 1.78. The molecule has 0 aromatic heterocycles. The first-order chi connectivity index (χ1) is 10.8. The molecular formula is C18H19NO2S. The molecule has 22 heavy (non-hydrogen) atoms. The van der Waals surface area contributed by atoms with Crippen molar-refractivity contribution in [1.29, 1.82) is 0 Å². The highest BCUT2D eigenvalue weighted by atomic mass is 32.2. The summed E-state index contributed by atoms with van der Waals surface area (Å²) in [7, 11) is 0. The van der Waals surface area contributed by atoms with E-state index in [0.717, 1.165) is 23.5 Å². The number of para-hydroxylation sites is 1. The van der Waals surface area contributed by atoms with Gasteiger partial charge in [-0.1, -0.05) is 30.3 Å². The lowest BCUT2D eigenvalue weighted by Crippen LogP contribution is -2.32. The molecule has 0 spiro atoms. The Morgan fingerprint density at radius 2 is 2.00 bits per heavy atom. The predicted molar refractivity (Wildman–Crippen MR) is 90.4 cm³/mol. The monoisotopic (exact) mass is 313 g/mol. The van der Waals surface area contributed by atoms with E-state index in [1.165, 1.54) is 5.56 Å². The molecule has 0 saturated heterocycles. The Labute approximate surface area is 135 Å². The Morgan fingerprint density at radius 1 is 1.23 bits per heavy atom. The Morgan fingerprint density at radius 3 is 2.77 bits per heavy atom. The summed E-state index contributed by atoms with van der Waals surface area (Å²) in [6.45, 7) is 0.634. The minimum absolute atomic E-state index is 0.0170. The first-order valence-corrected chi connectivity index (χ1v) is 8.78. The number of carbonyl (C=O) groups excluding carboxylic acids is 1. The number of carbonyl (C=O) groups is 1. The number of benzene rings is 2. The van der Waals surface area contributed by atoms with Crippen LogP contribution in [0.25, 0.3) is 0 Å². The quantitative estimate of drug-likeness (QED) is 0.933. The molecule has 1 amide bonds. The largest absolute Gasteiger partial charge is 0.493 e. The van der Waals surface area contributed by atoms with Gasteiger partial charge in [0, 0.05) is 23.3 Å². The Balaban J connectivity index is 1.72. The SMILES string of the molecule is CSCc1ccc(C(=O)N[C@@H]2CCOc3ccccc32)cc1. The molecule has 3 nitrogen and oxygen atoms in total. The van der Waals surface area contributed by atoms with Gasteiger partial charge in [0.25, 0.3) is 5.91 Å². The molecule has 2 aromatic rings. The van der Waals surface area contributed by atoms with E-state index < -0.39 is 0 Å². The molecule has 0 fully saturated rings. The smallest absolute Gasteiger partial charge is 0.251 e. The Kier molecular flexibility index (Phi) is 4.68. The van der Waals surface area contributed by atoms with Gasteiger partial charge < -0.3 is 10.1 Å². The van der Waals surface area contributed by atoms with Crippen LogP contribution in [-0.2, 0) is 5.75 Å². The van der Waals surface area contributed by atoms with Crippen molar-refractivity contribution in [3.8, 4) is 5.75 Å². The van der Waals surface area contributed by atoms with Gasteiger partial charge in [0.2, 0.25) is 0 Å². The van der Waals surface area contributed by atoms with Crippen molar-refractivity contribution in [3.63, 3.8) is 0 Å². The van der Waals surface area contributed by atoms with Gasteiger partial charge in [-0.25, -0.2) is 0 Å². The van der Waals surface area contributed by atoms with Gasteiger partial charge in [-0.05, 0) is 30.0 Å². The van der Waals surface area contributed by atoms with E-state index in [2.05, 4.69) is 11.6 Å². The summed E-state index contributed by atoms with van der Waals surface area (Å²) in [5.74, 6) is 1.81. The van der Waals surface area contributed by atoms with Crippen LogP contribution in [0.15, 0.2) is 48.5 Å². The van der Waals surface area contributed by atoms with Gasteiger partial charge in [-0.15, -0.1) is 0 Å². The van der Waals surface area contributed by atoms with Crippen LogP contribution in [0.4, 0.5) is 0 Å². The second-order valence-electron chi connectivity index (χ2n) is 5.33. The van der Waals surface area contributed by atoms with E-state index in [1.54, 1.807) is 11.8 Å². The number of thioether (sulfide) groups is 1. The van der Waals surface area contributed by atoms with Crippen molar-refractivity contribution in [3.05, 3.63) is 65.2 Å². The fourth-order valence-electron chi connectivity index (χ4n) is 2.65.